The molecule has 2 aromatic rings. The molecule has 6 nitrogen and oxygen atoms in total. The van der Waals surface area contributed by atoms with Crippen molar-refractivity contribution in [1.29, 1.82) is 0 Å². The van der Waals surface area contributed by atoms with Crippen molar-refractivity contribution in [1.82, 2.24) is 19.9 Å². The summed E-state index contributed by atoms with van der Waals surface area (Å²) in [7, 11) is 0. The lowest BCUT2D eigenvalue weighted by Gasteiger charge is -2.19. The van der Waals surface area contributed by atoms with Crippen LogP contribution in [0.5, 0.6) is 0 Å². The predicted octanol–water partition coefficient (Wildman–Crippen LogP) is 2.48. The monoisotopic (exact) mass is 311 g/mol. The lowest BCUT2D eigenvalue weighted by molar-refractivity contribution is -0.122. The molecule has 1 aliphatic carbocycles. The molecule has 1 aliphatic rings. The molecule has 1 unspecified atom stereocenters. The Balaban J connectivity index is 2.06. The van der Waals surface area contributed by atoms with E-state index in [0.29, 0.717) is 5.70 Å². The van der Waals surface area contributed by atoms with Gasteiger partial charge in [0.1, 0.15) is 0 Å². The van der Waals surface area contributed by atoms with E-state index in [-0.39, 0.29) is 17.2 Å². The maximum absolute atomic E-state index is 12.7. The number of allylic oxidation sites excluding steroid dienone is 1. The van der Waals surface area contributed by atoms with Crippen LogP contribution < -0.4 is 5.32 Å². The first-order valence-electron chi connectivity index (χ1n) is 7.63. The van der Waals surface area contributed by atoms with Crippen molar-refractivity contribution in [2.45, 2.75) is 45.4 Å². The number of hydrogen-bond donors (Lipinski definition) is 1. The predicted molar refractivity (Wildman–Crippen MR) is 89.6 cm³/mol. The molecule has 0 saturated heterocycles. The first kappa shape index (κ1) is 15.4. The summed E-state index contributed by atoms with van der Waals surface area (Å²) in [5.74, 6) is -0.283. The quantitative estimate of drug-likeness (QED) is 0.885. The van der Waals surface area contributed by atoms with Crippen molar-refractivity contribution in [3.05, 3.63) is 41.1 Å². The van der Waals surface area contributed by atoms with Gasteiger partial charge in [0.25, 0.3) is 0 Å². The highest BCUT2D eigenvalue weighted by atomic mass is 16.1. The van der Waals surface area contributed by atoms with Crippen LogP contribution in [0.25, 0.3) is 5.65 Å². The topological polar surface area (TPSA) is 71.7 Å². The molecular weight excluding hydrogens is 290 g/mol. The molecular formula is C17H21N5O. The zero-order chi connectivity index (χ0) is 16.8. The summed E-state index contributed by atoms with van der Waals surface area (Å²) < 4.78 is 1.88. The summed E-state index contributed by atoms with van der Waals surface area (Å²) in [6.07, 6.45) is 4.08. The highest BCUT2D eigenvalue weighted by Gasteiger charge is 2.43. The molecule has 6 heteroatoms. The Kier molecular flexibility index (Phi) is 3.55. The van der Waals surface area contributed by atoms with E-state index in [4.69, 9.17) is 0 Å². The fourth-order valence-electron chi connectivity index (χ4n) is 3.40. The van der Waals surface area contributed by atoms with Crippen LogP contribution in [-0.4, -0.2) is 27.2 Å². The van der Waals surface area contributed by atoms with Crippen LogP contribution in [0.2, 0.25) is 0 Å². The molecule has 1 atom stereocenters. The molecule has 0 saturated carbocycles. The van der Waals surface area contributed by atoms with E-state index in [1.807, 2.05) is 23.7 Å². The number of rotatable bonds is 3. The average molecular weight is 311 g/mol. The van der Waals surface area contributed by atoms with Crippen molar-refractivity contribution < 1.29 is 4.79 Å². The molecule has 23 heavy (non-hydrogen) atoms. The number of fused-ring (bicyclic) bond motifs is 3. The summed E-state index contributed by atoms with van der Waals surface area (Å²) in [4.78, 5) is 20.8. The summed E-state index contributed by atoms with van der Waals surface area (Å²) >= 11 is 0. The molecule has 0 spiro atoms. The summed E-state index contributed by atoms with van der Waals surface area (Å²) in [6, 6.07) is 1.95. The van der Waals surface area contributed by atoms with Crippen molar-refractivity contribution >= 4 is 18.3 Å². The molecule has 2 heterocycles. The van der Waals surface area contributed by atoms with Gasteiger partial charge in [-0.05, 0) is 27.0 Å². The maximum Gasteiger partial charge on any atom is 0.231 e. The smallest absolute Gasteiger partial charge is 0.231 e. The third-order valence-corrected chi connectivity index (χ3v) is 4.29. The van der Waals surface area contributed by atoms with E-state index < -0.39 is 0 Å². The van der Waals surface area contributed by atoms with Gasteiger partial charge >= 0.3 is 0 Å². The summed E-state index contributed by atoms with van der Waals surface area (Å²) in [5, 5.41) is 7.44. The molecule has 0 fully saturated rings. The van der Waals surface area contributed by atoms with Crippen molar-refractivity contribution in [2.75, 3.05) is 0 Å². The lowest BCUT2D eigenvalue weighted by atomic mass is 9.88. The van der Waals surface area contributed by atoms with Crippen LogP contribution in [0.15, 0.2) is 29.2 Å². The molecule has 120 valence electrons. The van der Waals surface area contributed by atoms with Gasteiger partial charge in [-0.1, -0.05) is 13.8 Å². The largest absolute Gasteiger partial charge is 0.328 e. The minimum Gasteiger partial charge on any atom is -0.328 e. The standard InChI is InChI=1S/C17H21N5O/c1-10-6-14-19-9-13-12(16(23)20-11(2)8-18-5)7-17(3,4)15(13)22(14)21-10/h6,8-9,12H,5,7H2,1-4H3,(H,20,23)/b11-8+. The van der Waals surface area contributed by atoms with E-state index in [9.17, 15) is 4.79 Å². The van der Waals surface area contributed by atoms with Gasteiger partial charge < -0.3 is 5.32 Å². The van der Waals surface area contributed by atoms with Crippen LogP contribution in [0, 0.1) is 6.92 Å². The number of aliphatic imine (C=N–C) groups is 1. The third kappa shape index (κ3) is 2.54. The van der Waals surface area contributed by atoms with Crippen molar-refractivity contribution in [3.63, 3.8) is 0 Å². The van der Waals surface area contributed by atoms with Crippen LogP contribution >= 0.6 is 0 Å². The lowest BCUT2D eigenvalue weighted by Crippen LogP contribution is -2.27. The Hall–Kier alpha value is -2.50. The fourth-order valence-corrected chi connectivity index (χ4v) is 3.40. The third-order valence-electron chi connectivity index (χ3n) is 4.29. The number of hydrogen-bond acceptors (Lipinski definition) is 4. The van der Waals surface area contributed by atoms with Gasteiger partial charge in [0.15, 0.2) is 5.65 Å². The molecule has 2 aromatic heterocycles. The Morgan fingerprint density at radius 1 is 1.57 bits per heavy atom. The van der Waals surface area contributed by atoms with Crippen LogP contribution in [0.1, 0.15) is 50.1 Å². The van der Waals surface area contributed by atoms with Gasteiger partial charge in [-0.15, -0.1) is 0 Å². The normalized spacial score (nSPS) is 19.7. The number of nitrogens with zero attached hydrogens (tertiary/aromatic N) is 4. The van der Waals surface area contributed by atoms with Crippen molar-refractivity contribution in [2.24, 2.45) is 4.99 Å². The van der Waals surface area contributed by atoms with E-state index in [2.05, 4.69) is 41.0 Å². The van der Waals surface area contributed by atoms with Gasteiger partial charge in [-0.25, -0.2) is 9.50 Å². The van der Waals surface area contributed by atoms with Crippen LogP contribution in [0.3, 0.4) is 0 Å². The first-order chi connectivity index (χ1) is 10.8. The summed E-state index contributed by atoms with van der Waals surface area (Å²) in [6.45, 7) is 11.4. The molecule has 1 N–H and O–H groups in total. The molecule has 0 aromatic carbocycles. The number of carbonyl (C=O) groups excluding carboxylic acids is 1. The Labute approximate surface area is 135 Å². The highest BCUT2D eigenvalue weighted by Crippen LogP contribution is 2.45. The first-order valence-corrected chi connectivity index (χ1v) is 7.63. The van der Waals surface area contributed by atoms with E-state index >= 15 is 0 Å². The minimum absolute atomic E-state index is 0.0424. The second-order valence-corrected chi connectivity index (χ2v) is 6.74. The second-order valence-electron chi connectivity index (χ2n) is 6.74. The SMILES string of the molecule is C=N/C=C(\C)NC(=O)C1CC(C)(C)c2c1cnc1cc(C)nn21. The van der Waals surface area contributed by atoms with E-state index in [0.717, 1.165) is 29.0 Å². The van der Waals surface area contributed by atoms with Gasteiger partial charge in [0.05, 0.1) is 17.3 Å². The molecule has 0 aliphatic heterocycles. The molecule has 1 amide bonds. The van der Waals surface area contributed by atoms with Gasteiger partial charge in [0.2, 0.25) is 5.91 Å². The fraction of sp³-hybridized carbons (Fsp3) is 0.412. The number of aryl methyl sites for hydroxylation is 1. The van der Waals surface area contributed by atoms with Gasteiger partial charge in [0, 0.05) is 35.1 Å². The zero-order valence-electron chi connectivity index (χ0n) is 13.9. The maximum atomic E-state index is 12.7. The van der Waals surface area contributed by atoms with E-state index in [1.165, 1.54) is 6.20 Å². The Bertz CT molecular complexity index is 831. The number of nitrogens with one attached hydrogen (secondary N) is 1. The van der Waals surface area contributed by atoms with Crippen molar-refractivity contribution in [3.8, 4) is 0 Å². The molecule has 0 bridgehead atoms. The van der Waals surface area contributed by atoms with Crippen LogP contribution in [0.4, 0.5) is 0 Å². The second kappa shape index (κ2) is 5.30. The van der Waals surface area contributed by atoms with Gasteiger partial charge in [-0.3, -0.25) is 9.79 Å². The minimum atomic E-state index is -0.241. The number of amides is 1. The number of carbonyl (C=O) groups is 1. The molecule has 0 radical (unpaired) electrons. The highest BCUT2D eigenvalue weighted by molar-refractivity contribution is 5.86. The molecule has 3 rings (SSSR count). The summed E-state index contributed by atoms with van der Waals surface area (Å²) in [5.41, 5.74) is 4.29. The zero-order valence-corrected chi connectivity index (χ0v) is 13.9. The number of aromatic nitrogens is 3. The van der Waals surface area contributed by atoms with E-state index in [1.54, 1.807) is 6.92 Å². The van der Waals surface area contributed by atoms with Gasteiger partial charge in [-0.2, -0.15) is 5.10 Å². The Morgan fingerprint density at radius 3 is 3.00 bits per heavy atom. The Morgan fingerprint density at radius 2 is 2.30 bits per heavy atom. The van der Waals surface area contributed by atoms with Crippen LogP contribution in [-0.2, 0) is 10.2 Å². The average Bonchev–Trinajstić information content (AvgIpc) is 2.95.